The zero-order valence-electron chi connectivity index (χ0n) is 27.5. The van der Waals surface area contributed by atoms with Crippen LogP contribution in [0.25, 0.3) is 0 Å². The van der Waals surface area contributed by atoms with Gasteiger partial charge in [-0.05, 0) is 84.9 Å². The summed E-state index contributed by atoms with van der Waals surface area (Å²) in [7, 11) is -0.0865. The summed E-state index contributed by atoms with van der Waals surface area (Å²) in [6, 6.07) is 11.3. The molecule has 2 bridgehead atoms. The predicted octanol–water partition coefficient (Wildman–Crippen LogP) is 6.30. The number of halogens is 1. The Balaban J connectivity index is 1.45. The maximum absolute atomic E-state index is 14.4. The van der Waals surface area contributed by atoms with Crippen LogP contribution in [-0.4, -0.2) is 63.0 Å². The second-order valence-corrected chi connectivity index (χ2v) is 16.4. The number of carbonyl (C=O) groups excluding carboxylic acids is 2. The van der Waals surface area contributed by atoms with Gasteiger partial charge in [0, 0.05) is 49.8 Å². The molecule has 1 saturated carbocycles. The summed E-state index contributed by atoms with van der Waals surface area (Å²) in [6.07, 6.45) is 10.6. The number of allylic oxidation sites excluding steroid dienone is 1. The second kappa shape index (κ2) is 15.1. The van der Waals surface area contributed by atoms with E-state index in [1.165, 1.54) is 22.6 Å². The highest BCUT2D eigenvalue weighted by molar-refractivity contribution is 7.99. The SMILES string of the molecule is CO[C@H]1/C=C/C[C@H](C)C[S@@](=O)(NC(=O)c2cnn(C)c2)=NC(=O)c2ccc3c(c2)N(Cc2ccc(Cl)cc2CCSCO3)C[C@@H]2CC[C@H]21. The van der Waals surface area contributed by atoms with Gasteiger partial charge in [-0.3, -0.25) is 19.0 Å². The third kappa shape index (κ3) is 8.10. The van der Waals surface area contributed by atoms with Gasteiger partial charge in [-0.15, -0.1) is 16.1 Å². The van der Waals surface area contributed by atoms with Crippen molar-refractivity contribution in [1.29, 1.82) is 0 Å². The molecule has 0 saturated heterocycles. The van der Waals surface area contributed by atoms with E-state index in [4.69, 9.17) is 21.1 Å². The maximum Gasteiger partial charge on any atom is 0.286 e. The van der Waals surface area contributed by atoms with Crippen molar-refractivity contribution in [2.45, 2.75) is 45.3 Å². The number of amides is 2. The van der Waals surface area contributed by atoms with E-state index in [0.717, 1.165) is 42.8 Å². The van der Waals surface area contributed by atoms with Gasteiger partial charge in [0.25, 0.3) is 11.8 Å². The van der Waals surface area contributed by atoms with Crippen molar-refractivity contribution in [3.05, 3.63) is 88.2 Å². The molecule has 10 nitrogen and oxygen atoms in total. The zero-order valence-corrected chi connectivity index (χ0v) is 29.9. The third-order valence-corrected chi connectivity index (χ3v) is 12.3. The topological polar surface area (TPSA) is 115 Å². The van der Waals surface area contributed by atoms with Crippen molar-refractivity contribution in [1.82, 2.24) is 14.5 Å². The van der Waals surface area contributed by atoms with Crippen molar-refractivity contribution in [3.8, 4) is 5.75 Å². The van der Waals surface area contributed by atoms with Gasteiger partial charge in [-0.1, -0.05) is 36.7 Å². The van der Waals surface area contributed by atoms with Crippen LogP contribution in [0.1, 0.15) is 58.0 Å². The van der Waals surface area contributed by atoms with Crippen LogP contribution < -0.4 is 14.4 Å². The second-order valence-electron chi connectivity index (χ2n) is 12.9. The van der Waals surface area contributed by atoms with Crippen LogP contribution in [0.4, 0.5) is 5.69 Å². The molecule has 13 heteroatoms. The van der Waals surface area contributed by atoms with Gasteiger partial charge in [0.05, 0.1) is 29.3 Å². The van der Waals surface area contributed by atoms with Crippen LogP contribution >= 0.6 is 23.4 Å². The van der Waals surface area contributed by atoms with Gasteiger partial charge in [0.15, 0.2) is 0 Å². The summed E-state index contributed by atoms with van der Waals surface area (Å²) in [4.78, 5) is 29.4. The lowest BCUT2D eigenvalue weighted by Gasteiger charge is -2.43. The van der Waals surface area contributed by atoms with Gasteiger partial charge in [-0.25, -0.2) is 4.21 Å². The van der Waals surface area contributed by atoms with Crippen LogP contribution in [0.2, 0.25) is 5.02 Å². The van der Waals surface area contributed by atoms with Crippen molar-refractivity contribution >= 4 is 50.8 Å². The van der Waals surface area contributed by atoms with E-state index in [0.29, 0.717) is 41.5 Å². The molecule has 1 aromatic heterocycles. The number of fused-ring (bicyclic) bond motifs is 3. The molecular weight excluding hydrogens is 670 g/mol. The van der Waals surface area contributed by atoms with Crippen LogP contribution in [0.15, 0.2) is 65.3 Å². The number of aryl methyl sites for hydroxylation is 2. The molecule has 256 valence electrons. The fraction of sp³-hybridized carbons (Fsp3) is 0.457. The molecule has 2 amide bonds. The quantitative estimate of drug-likeness (QED) is 0.315. The molecule has 0 spiro atoms. The number of aromatic nitrogens is 2. The minimum atomic E-state index is -3.52. The first kappa shape index (κ1) is 34.5. The molecule has 2 aromatic carbocycles. The van der Waals surface area contributed by atoms with E-state index in [2.05, 4.69) is 37.3 Å². The Hall–Kier alpha value is -3.32. The van der Waals surface area contributed by atoms with Gasteiger partial charge >= 0.3 is 0 Å². The number of thioether (sulfide) groups is 1. The highest BCUT2D eigenvalue weighted by Gasteiger charge is 2.38. The molecule has 0 radical (unpaired) electrons. The minimum absolute atomic E-state index is 0.00444. The van der Waals surface area contributed by atoms with Crippen LogP contribution in [0.3, 0.4) is 0 Å². The van der Waals surface area contributed by atoms with E-state index in [9.17, 15) is 13.8 Å². The zero-order chi connectivity index (χ0) is 33.8. The molecule has 2 aliphatic heterocycles. The number of carbonyl (C=O) groups is 2. The molecule has 1 N–H and O–H groups in total. The number of benzene rings is 2. The van der Waals surface area contributed by atoms with Crippen LogP contribution in [0.5, 0.6) is 5.75 Å². The summed E-state index contributed by atoms with van der Waals surface area (Å²) >= 11 is 8.14. The Morgan fingerprint density at radius 1 is 1.19 bits per heavy atom. The van der Waals surface area contributed by atoms with Gasteiger partial charge in [0.1, 0.15) is 21.6 Å². The number of nitrogens with one attached hydrogen (secondary N) is 1. The summed E-state index contributed by atoms with van der Waals surface area (Å²) in [5, 5.41) is 4.75. The number of hydrogen-bond acceptors (Lipinski definition) is 8. The first-order chi connectivity index (χ1) is 23.1. The van der Waals surface area contributed by atoms with Crippen molar-refractivity contribution < 1.29 is 23.3 Å². The smallest absolute Gasteiger partial charge is 0.286 e. The summed E-state index contributed by atoms with van der Waals surface area (Å²) in [6.45, 7) is 3.26. The fourth-order valence-corrected chi connectivity index (χ4v) is 9.44. The molecule has 1 aliphatic carbocycles. The molecule has 48 heavy (non-hydrogen) atoms. The third-order valence-electron chi connectivity index (χ3n) is 9.34. The van der Waals surface area contributed by atoms with Crippen LogP contribution in [0, 0.1) is 17.8 Å². The molecule has 5 atom stereocenters. The molecule has 1 fully saturated rings. The first-order valence-corrected chi connectivity index (χ1v) is 19.5. The van der Waals surface area contributed by atoms with E-state index in [-0.39, 0.29) is 28.9 Å². The van der Waals surface area contributed by atoms with E-state index < -0.39 is 21.7 Å². The number of rotatable bonds is 3. The van der Waals surface area contributed by atoms with Gasteiger partial charge in [0.2, 0.25) is 0 Å². The normalized spacial score (nSPS) is 27.2. The Kier molecular flexibility index (Phi) is 10.8. The van der Waals surface area contributed by atoms with Crippen molar-refractivity contribution in [3.63, 3.8) is 0 Å². The minimum Gasteiger partial charge on any atom is -0.481 e. The molecular formula is C35H42ClN5O5S2. The highest BCUT2D eigenvalue weighted by Crippen LogP contribution is 2.42. The maximum atomic E-state index is 14.4. The average molecular weight is 712 g/mol. The Morgan fingerprint density at radius 2 is 2.04 bits per heavy atom. The lowest BCUT2D eigenvalue weighted by atomic mass is 9.70. The summed E-state index contributed by atoms with van der Waals surface area (Å²) < 4.78 is 35.0. The largest absolute Gasteiger partial charge is 0.481 e. The molecule has 3 aliphatic rings. The lowest BCUT2D eigenvalue weighted by molar-refractivity contribution is 0.0133. The van der Waals surface area contributed by atoms with E-state index in [1.54, 1.807) is 44.1 Å². The van der Waals surface area contributed by atoms with E-state index in [1.807, 2.05) is 19.1 Å². The van der Waals surface area contributed by atoms with E-state index >= 15 is 0 Å². The number of nitrogens with zero attached hydrogens (tertiary/aromatic N) is 4. The van der Waals surface area contributed by atoms with Crippen molar-refractivity contribution in [2.24, 2.45) is 29.2 Å². The van der Waals surface area contributed by atoms with Gasteiger partial charge < -0.3 is 14.4 Å². The van der Waals surface area contributed by atoms with Gasteiger partial charge in [-0.2, -0.15) is 5.10 Å². The molecule has 6 rings (SSSR count). The Bertz CT molecular complexity index is 1820. The van der Waals surface area contributed by atoms with Crippen molar-refractivity contribution in [2.75, 3.05) is 36.0 Å². The fourth-order valence-electron chi connectivity index (χ4n) is 6.66. The number of methoxy groups -OCH3 is 1. The Labute approximate surface area is 291 Å². The number of anilines is 1. The standard InChI is InChI=1S/C35H42ClN5O5S2/c1-23-5-4-6-32(45-3)30-11-8-27(30)20-41-19-26-7-10-29(36)15-24(26)13-14-47-22-46-33-12-9-25(16-31(33)41)34(42)38-48(44,21-23)39-35(43)28-17-37-40(2)18-28/h4,6-7,9-10,12,15-18,23,27,30,32H,5,8,11,13-14,19-22H2,1-3H3,(H,38,39,42,43,44)/b6-4+/t23-,27-,30+,32-,48-/m0/s1. The highest BCUT2D eigenvalue weighted by atomic mass is 35.5. The molecule has 3 aromatic rings. The monoisotopic (exact) mass is 711 g/mol. The number of hydrogen-bond donors (Lipinski definition) is 1. The molecule has 0 unspecified atom stereocenters. The Morgan fingerprint density at radius 3 is 2.79 bits per heavy atom. The first-order valence-electron chi connectivity index (χ1n) is 16.3. The summed E-state index contributed by atoms with van der Waals surface area (Å²) in [5.41, 5.74) is 3.62. The lowest BCUT2D eigenvalue weighted by Crippen LogP contribution is -2.43. The summed E-state index contributed by atoms with van der Waals surface area (Å²) in [5.74, 6) is 1.25. The average Bonchev–Trinajstić information content (AvgIpc) is 3.47. The number of ether oxygens (including phenoxy) is 2. The van der Waals surface area contributed by atoms with Crippen LogP contribution in [-0.2, 0) is 34.7 Å². The molecule has 3 heterocycles. The predicted molar refractivity (Wildman–Crippen MR) is 191 cm³/mol.